The summed E-state index contributed by atoms with van der Waals surface area (Å²) in [5.41, 5.74) is -0.0722. The van der Waals surface area contributed by atoms with Crippen LogP contribution in [0, 0.1) is 5.82 Å². The van der Waals surface area contributed by atoms with Crippen LogP contribution in [0.4, 0.5) is 10.1 Å². The van der Waals surface area contributed by atoms with Crippen LogP contribution in [-0.4, -0.2) is 16.8 Å². The van der Waals surface area contributed by atoms with Crippen LogP contribution in [0.5, 0.6) is 0 Å². The number of hydrogen-bond acceptors (Lipinski definition) is 3. The highest BCUT2D eigenvalue weighted by Crippen LogP contribution is 2.43. The second-order valence-corrected chi connectivity index (χ2v) is 7.92. The molecular formula is C23H17BrFNO3. The number of nitrogens with zero attached hydrogens (tertiary/aromatic N) is 1. The smallest absolute Gasteiger partial charge is 0.264 e. The second kappa shape index (κ2) is 7.54. The van der Waals surface area contributed by atoms with Gasteiger partial charge in [-0.25, -0.2) is 4.39 Å². The molecule has 146 valence electrons. The highest BCUT2D eigenvalue weighted by atomic mass is 79.9. The van der Waals surface area contributed by atoms with Crippen LogP contribution in [0.3, 0.4) is 0 Å². The first-order valence-electron chi connectivity index (χ1n) is 9.05. The van der Waals surface area contributed by atoms with Crippen molar-refractivity contribution >= 4 is 33.3 Å². The predicted molar refractivity (Wildman–Crippen MR) is 111 cm³/mol. The molecule has 0 fully saturated rings. The summed E-state index contributed by atoms with van der Waals surface area (Å²) in [5, 5.41) is 11.3. The fourth-order valence-corrected chi connectivity index (χ4v) is 4.05. The first-order chi connectivity index (χ1) is 13.9. The number of benzene rings is 3. The molecule has 3 aromatic rings. The second-order valence-electron chi connectivity index (χ2n) is 7.01. The van der Waals surface area contributed by atoms with E-state index in [1.807, 2.05) is 0 Å². The summed E-state index contributed by atoms with van der Waals surface area (Å²) >= 11 is 3.33. The Morgan fingerprint density at radius 1 is 1.03 bits per heavy atom. The van der Waals surface area contributed by atoms with Crippen molar-refractivity contribution < 1.29 is 19.1 Å². The summed E-state index contributed by atoms with van der Waals surface area (Å²) in [6.45, 7) is 0.0982. The zero-order valence-electron chi connectivity index (χ0n) is 15.3. The van der Waals surface area contributed by atoms with Crippen LogP contribution in [0.2, 0.25) is 0 Å². The highest BCUT2D eigenvalue weighted by molar-refractivity contribution is 9.10. The number of hydrogen-bond donors (Lipinski definition) is 1. The van der Waals surface area contributed by atoms with Gasteiger partial charge < -0.3 is 10.0 Å². The summed E-state index contributed by atoms with van der Waals surface area (Å²) < 4.78 is 14.3. The molecule has 4 rings (SSSR count). The van der Waals surface area contributed by atoms with Gasteiger partial charge in [0, 0.05) is 15.6 Å². The van der Waals surface area contributed by atoms with E-state index < -0.39 is 17.3 Å². The van der Waals surface area contributed by atoms with Gasteiger partial charge in [0.1, 0.15) is 5.82 Å². The maximum atomic E-state index is 13.6. The number of rotatable bonds is 5. The molecule has 0 aliphatic carbocycles. The molecule has 0 spiro atoms. The van der Waals surface area contributed by atoms with Gasteiger partial charge >= 0.3 is 0 Å². The summed E-state index contributed by atoms with van der Waals surface area (Å²) in [4.78, 5) is 27.5. The van der Waals surface area contributed by atoms with E-state index in [1.54, 1.807) is 60.7 Å². The number of fused-ring (bicyclic) bond motifs is 1. The third-order valence-electron chi connectivity index (χ3n) is 5.03. The zero-order chi connectivity index (χ0) is 20.6. The first-order valence-corrected chi connectivity index (χ1v) is 9.85. The Labute approximate surface area is 175 Å². The van der Waals surface area contributed by atoms with Gasteiger partial charge in [0.05, 0.1) is 18.7 Å². The number of carbonyl (C=O) groups is 2. The summed E-state index contributed by atoms with van der Waals surface area (Å²) in [6, 6.07) is 19.6. The maximum absolute atomic E-state index is 13.6. The molecule has 1 aliphatic heterocycles. The van der Waals surface area contributed by atoms with Gasteiger partial charge in [-0.05, 0) is 35.9 Å². The van der Waals surface area contributed by atoms with Crippen LogP contribution < -0.4 is 4.90 Å². The van der Waals surface area contributed by atoms with Gasteiger partial charge in [-0.15, -0.1) is 0 Å². The van der Waals surface area contributed by atoms with E-state index in [0.29, 0.717) is 22.4 Å². The van der Waals surface area contributed by atoms with E-state index in [1.165, 1.54) is 17.0 Å². The molecule has 1 aliphatic rings. The van der Waals surface area contributed by atoms with Crippen molar-refractivity contribution in [2.24, 2.45) is 0 Å². The van der Waals surface area contributed by atoms with Gasteiger partial charge in [-0.2, -0.15) is 0 Å². The zero-order valence-corrected chi connectivity index (χ0v) is 16.9. The molecular weight excluding hydrogens is 437 g/mol. The lowest BCUT2D eigenvalue weighted by Gasteiger charge is -2.23. The number of para-hydroxylation sites is 1. The van der Waals surface area contributed by atoms with Crippen molar-refractivity contribution in [2.45, 2.75) is 18.6 Å². The molecule has 0 unspecified atom stereocenters. The Morgan fingerprint density at radius 2 is 1.79 bits per heavy atom. The Morgan fingerprint density at radius 3 is 2.55 bits per heavy atom. The Kier molecular flexibility index (Phi) is 5.06. The molecule has 3 aromatic carbocycles. The minimum atomic E-state index is -1.97. The lowest BCUT2D eigenvalue weighted by Crippen LogP contribution is -2.41. The predicted octanol–water partition coefficient (Wildman–Crippen LogP) is 4.60. The molecule has 1 heterocycles. The number of anilines is 1. The molecule has 6 heteroatoms. The third-order valence-corrected chi connectivity index (χ3v) is 5.53. The van der Waals surface area contributed by atoms with Gasteiger partial charge in [-0.1, -0.05) is 58.4 Å². The van der Waals surface area contributed by atoms with Crippen molar-refractivity contribution in [1.29, 1.82) is 0 Å². The normalized spacial score (nSPS) is 18.0. The lowest BCUT2D eigenvalue weighted by molar-refractivity contribution is -0.136. The van der Waals surface area contributed by atoms with E-state index in [0.717, 1.165) is 4.47 Å². The van der Waals surface area contributed by atoms with Gasteiger partial charge in [0.2, 0.25) is 0 Å². The van der Waals surface area contributed by atoms with Gasteiger partial charge in [-0.3, -0.25) is 9.59 Å². The average Bonchev–Trinajstić information content (AvgIpc) is 2.90. The van der Waals surface area contributed by atoms with Crippen LogP contribution in [0.15, 0.2) is 77.3 Å². The van der Waals surface area contributed by atoms with Crippen LogP contribution in [0.25, 0.3) is 0 Å². The average molecular weight is 454 g/mol. The molecule has 0 bridgehead atoms. The highest BCUT2D eigenvalue weighted by Gasteiger charge is 2.50. The molecule has 1 amide bonds. The van der Waals surface area contributed by atoms with Crippen molar-refractivity contribution in [1.82, 2.24) is 0 Å². The van der Waals surface area contributed by atoms with Crippen LogP contribution in [0.1, 0.15) is 27.9 Å². The molecule has 0 radical (unpaired) electrons. The lowest BCUT2D eigenvalue weighted by atomic mass is 9.88. The number of amides is 1. The molecule has 0 aromatic heterocycles. The Balaban J connectivity index is 1.68. The summed E-state index contributed by atoms with van der Waals surface area (Å²) in [7, 11) is 0. The van der Waals surface area contributed by atoms with E-state index in [4.69, 9.17) is 0 Å². The van der Waals surface area contributed by atoms with Crippen LogP contribution in [-0.2, 0) is 16.9 Å². The van der Waals surface area contributed by atoms with Crippen LogP contribution >= 0.6 is 15.9 Å². The van der Waals surface area contributed by atoms with E-state index in [9.17, 15) is 19.1 Å². The van der Waals surface area contributed by atoms with Crippen molar-refractivity contribution in [2.75, 3.05) is 4.90 Å². The Bertz CT molecular complexity index is 1120. The molecule has 4 nitrogen and oxygen atoms in total. The third kappa shape index (κ3) is 3.61. The van der Waals surface area contributed by atoms with Crippen molar-refractivity contribution in [3.8, 4) is 0 Å². The standard InChI is InChI=1S/C23H17BrFNO3/c24-17-7-4-6-16(12-17)21(27)13-23(29)19-9-1-2-10-20(19)26(22(23)28)14-15-5-3-8-18(25)11-15/h1-12,29H,13-14H2/t23-/m1/s1. The molecule has 1 N–H and O–H groups in total. The fraction of sp³-hybridized carbons (Fsp3) is 0.130. The quantitative estimate of drug-likeness (QED) is 0.574. The molecule has 1 atom stereocenters. The number of Topliss-reactive ketones (excluding diaryl/α,β-unsaturated/α-hetero) is 1. The monoisotopic (exact) mass is 453 g/mol. The number of carbonyl (C=O) groups excluding carboxylic acids is 2. The minimum Gasteiger partial charge on any atom is -0.375 e. The number of halogens is 2. The van der Waals surface area contributed by atoms with Crippen molar-refractivity contribution in [3.63, 3.8) is 0 Å². The first kappa shape index (κ1) is 19.5. The topological polar surface area (TPSA) is 57.6 Å². The molecule has 0 saturated heterocycles. The molecule has 0 saturated carbocycles. The fourth-order valence-electron chi connectivity index (χ4n) is 3.65. The summed E-state index contributed by atoms with van der Waals surface area (Å²) in [6.07, 6.45) is -0.376. The largest absolute Gasteiger partial charge is 0.375 e. The maximum Gasteiger partial charge on any atom is 0.264 e. The van der Waals surface area contributed by atoms with E-state index in [2.05, 4.69) is 15.9 Å². The van der Waals surface area contributed by atoms with E-state index >= 15 is 0 Å². The minimum absolute atomic E-state index is 0.0982. The molecule has 29 heavy (non-hydrogen) atoms. The number of aliphatic hydroxyl groups is 1. The number of ketones is 1. The SMILES string of the molecule is O=C(C[C@]1(O)C(=O)N(Cc2cccc(F)c2)c2ccccc21)c1cccc(Br)c1. The van der Waals surface area contributed by atoms with Gasteiger partial charge in [0.25, 0.3) is 5.91 Å². The summed E-state index contributed by atoms with van der Waals surface area (Å²) in [5.74, 6) is -1.33. The van der Waals surface area contributed by atoms with Gasteiger partial charge in [0.15, 0.2) is 11.4 Å². The van der Waals surface area contributed by atoms with Crippen molar-refractivity contribution in [3.05, 3.63) is 99.8 Å². The van der Waals surface area contributed by atoms with E-state index in [-0.39, 0.29) is 18.7 Å². The Hall–Kier alpha value is -2.83.